The number of nitrogens with one attached hydrogen (secondary N) is 2. The minimum atomic E-state index is 1.03. The van der Waals surface area contributed by atoms with Gasteiger partial charge in [-0.15, -0.1) is 0 Å². The van der Waals surface area contributed by atoms with Crippen LogP contribution in [0.25, 0.3) is 6.08 Å². The number of piperazine rings is 1. The molecular weight excluding hydrogens is 268 g/mol. The summed E-state index contributed by atoms with van der Waals surface area (Å²) >= 11 is 0. The maximum absolute atomic E-state index is 2.37. The molecular formula is C20H30N2+2. The first-order chi connectivity index (χ1) is 10.9. The lowest BCUT2D eigenvalue weighted by molar-refractivity contribution is -1.02. The van der Waals surface area contributed by atoms with E-state index in [0.717, 1.165) is 17.9 Å². The predicted octanol–water partition coefficient (Wildman–Crippen LogP) is 0.672. The molecule has 0 spiro atoms. The van der Waals surface area contributed by atoms with Crippen LogP contribution >= 0.6 is 0 Å². The van der Waals surface area contributed by atoms with Crippen molar-refractivity contribution in [2.24, 2.45) is 11.8 Å². The highest BCUT2D eigenvalue weighted by Crippen LogP contribution is 2.43. The van der Waals surface area contributed by atoms with Crippen molar-refractivity contribution in [3.8, 4) is 0 Å². The second kappa shape index (κ2) is 6.55. The fourth-order valence-electron chi connectivity index (χ4n) is 5.17. The summed E-state index contributed by atoms with van der Waals surface area (Å²) in [7, 11) is 0. The SMILES string of the molecule is C(=C\c1ccccc1)/C[NH+]1CC[NH+]([C@@H]2C[C@H]3CC[C@@H]2C3)CC1. The van der Waals surface area contributed by atoms with Crippen LogP contribution in [0.2, 0.25) is 0 Å². The van der Waals surface area contributed by atoms with Crippen LogP contribution in [0.3, 0.4) is 0 Å². The molecule has 3 aliphatic rings. The van der Waals surface area contributed by atoms with E-state index in [1.165, 1.54) is 51.1 Å². The third kappa shape index (κ3) is 3.13. The number of hydrogen-bond donors (Lipinski definition) is 2. The zero-order valence-electron chi connectivity index (χ0n) is 13.6. The molecule has 2 aliphatic carbocycles. The molecule has 4 rings (SSSR count). The van der Waals surface area contributed by atoms with Crippen LogP contribution in [0, 0.1) is 11.8 Å². The van der Waals surface area contributed by atoms with Gasteiger partial charge in [0.15, 0.2) is 0 Å². The lowest BCUT2D eigenvalue weighted by Crippen LogP contribution is -3.29. The number of benzene rings is 1. The minimum absolute atomic E-state index is 1.03. The van der Waals surface area contributed by atoms with E-state index in [0.29, 0.717) is 0 Å². The number of hydrogen-bond acceptors (Lipinski definition) is 0. The van der Waals surface area contributed by atoms with Crippen molar-refractivity contribution in [1.29, 1.82) is 0 Å². The maximum atomic E-state index is 2.37. The molecule has 1 heterocycles. The number of rotatable bonds is 4. The summed E-state index contributed by atoms with van der Waals surface area (Å²) in [5.74, 6) is 2.18. The molecule has 0 unspecified atom stereocenters. The lowest BCUT2D eigenvalue weighted by atomic mass is 9.93. The molecule has 0 amide bonds. The van der Waals surface area contributed by atoms with Gasteiger partial charge < -0.3 is 9.80 Å². The zero-order valence-corrected chi connectivity index (χ0v) is 13.6. The van der Waals surface area contributed by atoms with E-state index in [1.54, 1.807) is 17.7 Å². The third-order valence-corrected chi connectivity index (χ3v) is 6.38. The average molecular weight is 298 g/mol. The molecule has 1 aromatic rings. The molecule has 1 saturated heterocycles. The van der Waals surface area contributed by atoms with E-state index in [9.17, 15) is 0 Å². The molecule has 1 aromatic carbocycles. The summed E-state index contributed by atoms with van der Waals surface area (Å²) in [6, 6.07) is 11.7. The topological polar surface area (TPSA) is 8.88 Å². The van der Waals surface area contributed by atoms with Crippen LogP contribution in [0.1, 0.15) is 31.2 Å². The van der Waals surface area contributed by atoms with Crippen LogP contribution in [0.5, 0.6) is 0 Å². The Morgan fingerprint density at radius 3 is 2.45 bits per heavy atom. The van der Waals surface area contributed by atoms with Crippen molar-refractivity contribution in [1.82, 2.24) is 0 Å². The second-order valence-corrected chi connectivity index (χ2v) is 7.71. The summed E-state index contributed by atoms with van der Waals surface area (Å²) in [6.45, 7) is 6.73. The molecule has 2 bridgehead atoms. The van der Waals surface area contributed by atoms with Crippen LogP contribution in [0.4, 0.5) is 0 Å². The van der Waals surface area contributed by atoms with Crippen molar-refractivity contribution >= 4 is 6.08 Å². The Morgan fingerprint density at radius 2 is 1.77 bits per heavy atom. The highest BCUT2D eigenvalue weighted by molar-refractivity contribution is 5.48. The van der Waals surface area contributed by atoms with Gasteiger partial charge in [0.2, 0.25) is 0 Å². The Balaban J connectivity index is 1.23. The monoisotopic (exact) mass is 298 g/mol. The Hall–Kier alpha value is -1.12. The van der Waals surface area contributed by atoms with E-state index < -0.39 is 0 Å². The van der Waals surface area contributed by atoms with Gasteiger partial charge in [0.25, 0.3) is 0 Å². The average Bonchev–Trinajstić information content (AvgIpc) is 3.20. The zero-order chi connectivity index (χ0) is 14.8. The molecule has 2 heteroatoms. The molecule has 3 fully saturated rings. The van der Waals surface area contributed by atoms with Gasteiger partial charge in [0, 0.05) is 12.3 Å². The van der Waals surface area contributed by atoms with Crippen molar-refractivity contribution in [3.05, 3.63) is 42.0 Å². The predicted molar refractivity (Wildman–Crippen MR) is 91.0 cm³/mol. The molecule has 0 radical (unpaired) electrons. The van der Waals surface area contributed by atoms with Gasteiger partial charge in [0.05, 0.1) is 12.6 Å². The molecule has 1 aliphatic heterocycles. The fourth-order valence-corrected chi connectivity index (χ4v) is 5.17. The van der Waals surface area contributed by atoms with E-state index in [-0.39, 0.29) is 0 Å². The van der Waals surface area contributed by atoms with Gasteiger partial charge in [-0.25, -0.2) is 0 Å². The molecule has 118 valence electrons. The summed E-state index contributed by atoms with van der Waals surface area (Å²) in [5, 5.41) is 0. The highest BCUT2D eigenvalue weighted by Gasteiger charge is 2.45. The first-order valence-corrected chi connectivity index (χ1v) is 9.28. The molecule has 22 heavy (non-hydrogen) atoms. The normalized spacial score (nSPS) is 37.9. The van der Waals surface area contributed by atoms with Crippen LogP contribution in [-0.4, -0.2) is 38.8 Å². The lowest BCUT2D eigenvalue weighted by Gasteiger charge is -2.36. The van der Waals surface area contributed by atoms with Gasteiger partial charge in [-0.1, -0.05) is 36.4 Å². The van der Waals surface area contributed by atoms with Crippen LogP contribution in [-0.2, 0) is 0 Å². The van der Waals surface area contributed by atoms with Crippen LogP contribution < -0.4 is 9.80 Å². The molecule has 3 atom stereocenters. The van der Waals surface area contributed by atoms with Gasteiger partial charge in [-0.3, -0.25) is 0 Å². The first-order valence-electron chi connectivity index (χ1n) is 9.28. The molecule has 0 aromatic heterocycles. The largest absolute Gasteiger partial charge is 0.323 e. The Morgan fingerprint density at radius 1 is 0.955 bits per heavy atom. The van der Waals surface area contributed by atoms with E-state index in [2.05, 4.69) is 42.5 Å². The quantitative estimate of drug-likeness (QED) is 0.809. The Labute approximate surface area is 134 Å². The summed E-state index contributed by atoms with van der Waals surface area (Å²) in [6.07, 6.45) is 10.8. The fraction of sp³-hybridized carbons (Fsp3) is 0.600. The summed E-state index contributed by atoms with van der Waals surface area (Å²) < 4.78 is 0. The second-order valence-electron chi connectivity index (χ2n) is 7.71. The van der Waals surface area contributed by atoms with Gasteiger partial charge in [0.1, 0.15) is 26.2 Å². The molecule has 2 saturated carbocycles. The van der Waals surface area contributed by atoms with E-state index >= 15 is 0 Å². The Bertz CT molecular complexity index is 502. The smallest absolute Gasteiger partial charge is 0.127 e. The van der Waals surface area contributed by atoms with Crippen molar-refractivity contribution < 1.29 is 9.80 Å². The number of fused-ring (bicyclic) bond motifs is 2. The standard InChI is InChI=1S/C20H28N2/c1-2-5-17(6-3-1)7-4-10-21-11-13-22(14-12-21)20-16-18-8-9-19(20)15-18/h1-7,18-20H,8-16H2/p+2/b7-4+/t18-,19+,20+/m0/s1. The van der Waals surface area contributed by atoms with E-state index in [1.807, 2.05) is 4.90 Å². The third-order valence-electron chi connectivity index (χ3n) is 6.38. The molecule has 2 nitrogen and oxygen atoms in total. The number of quaternary nitrogens is 2. The minimum Gasteiger partial charge on any atom is -0.323 e. The van der Waals surface area contributed by atoms with Crippen molar-refractivity contribution in [2.75, 3.05) is 32.7 Å². The van der Waals surface area contributed by atoms with Gasteiger partial charge in [-0.2, -0.15) is 0 Å². The first kappa shape index (κ1) is 14.5. The summed E-state index contributed by atoms with van der Waals surface area (Å²) in [4.78, 5) is 3.72. The van der Waals surface area contributed by atoms with Gasteiger partial charge >= 0.3 is 0 Å². The summed E-state index contributed by atoms with van der Waals surface area (Å²) in [5.41, 5.74) is 1.33. The van der Waals surface area contributed by atoms with Gasteiger partial charge in [-0.05, 0) is 36.8 Å². The van der Waals surface area contributed by atoms with E-state index in [4.69, 9.17) is 0 Å². The molecule has 2 N–H and O–H groups in total. The highest BCUT2D eigenvalue weighted by atomic mass is 15.3. The van der Waals surface area contributed by atoms with Crippen molar-refractivity contribution in [2.45, 2.75) is 31.7 Å². The van der Waals surface area contributed by atoms with Crippen molar-refractivity contribution in [3.63, 3.8) is 0 Å². The van der Waals surface area contributed by atoms with Crippen LogP contribution in [0.15, 0.2) is 36.4 Å². The Kier molecular flexibility index (Phi) is 4.31. The maximum Gasteiger partial charge on any atom is 0.127 e.